The lowest BCUT2D eigenvalue weighted by Gasteiger charge is -2.23. The van der Waals surface area contributed by atoms with E-state index in [-0.39, 0.29) is 5.56 Å². The van der Waals surface area contributed by atoms with Crippen molar-refractivity contribution < 1.29 is 13.5 Å². The molecule has 1 aliphatic heterocycles. The molecule has 0 atom stereocenters. The maximum absolute atomic E-state index is 13.8. The minimum Gasteiger partial charge on any atom is -0.381 e. The van der Waals surface area contributed by atoms with Crippen LogP contribution in [0.25, 0.3) is 11.1 Å². The first-order chi connectivity index (χ1) is 10.2. The molecule has 1 saturated heterocycles. The number of pyridine rings is 2. The summed E-state index contributed by atoms with van der Waals surface area (Å²) in [6, 6.07) is 5.10. The van der Waals surface area contributed by atoms with Crippen LogP contribution in [0.2, 0.25) is 0 Å². The second-order valence-corrected chi connectivity index (χ2v) is 4.92. The molecule has 0 saturated carbocycles. The molecule has 21 heavy (non-hydrogen) atoms. The molecule has 0 spiro atoms. The third kappa shape index (κ3) is 3.16. The Hall–Kier alpha value is -2.08. The number of anilines is 1. The molecule has 1 N–H and O–H groups in total. The van der Waals surface area contributed by atoms with Crippen LogP contribution < -0.4 is 5.32 Å². The van der Waals surface area contributed by atoms with E-state index in [9.17, 15) is 8.78 Å². The second-order valence-electron chi connectivity index (χ2n) is 4.92. The summed E-state index contributed by atoms with van der Waals surface area (Å²) in [5.74, 6) is -1.39. The Labute approximate surface area is 121 Å². The van der Waals surface area contributed by atoms with Crippen molar-refractivity contribution in [3.63, 3.8) is 0 Å². The third-order valence-corrected chi connectivity index (χ3v) is 3.49. The van der Waals surface area contributed by atoms with E-state index >= 15 is 0 Å². The molecule has 1 aliphatic rings. The maximum atomic E-state index is 13.8. The zero-order valence-corrected chi connectivity index (χ0v) is 11.4. The van der Waals surface area contributed by atoms with E-state index in [0.29, 0.717) is 17.4 Å². The molecule has 0 bridgehead atoms. The molecular weight excluding hydrogens is 276 g/mol. The van der Waals surface area contributed by atoms with Crippen LogP contribution in [0.1, 0.15) is 12.8 Å². The normalized spacial score (nSPS) is 15.9. The highest BCUT2D eigenvalue weighted by Crippen LogP contribution is 2.25. The molecule has 110 valence electrons. The Balaban J connectivity index is 1.84. The molecule has 4 nitrogen and oxygen atoms in total. The lowest BCUT2D eigenvalue weighted by molar-refractivity contribution is 0.0904. The zero-order valence-electron chi connectivity index (χ0n) is 11.4. The second kappa shape index (κ2) is 6.13. The van der Waals surface area contributed by atoms with Crippen LogP contribution in [0.4, 0.5) is 14.6 Å². The number of aromatic nitrogens is 2. The van der Waals surface area contributed by atoms with E-state index in [1.807, 2.05) is 0 Å². The highest BCUT2D eigenvalue weighted by atomic mass is 19.2. The molecule has 2 aromatic rings. The first-order valence-electron chi connectivity index (χ1n) is 6.85. The first kappa shape index (κ1) is 13.9. The van der Waals surface area contributed by atoms with Crippen LogP contribution in [0, 0.1) is 11.8 Å². The maximum Gasteiger partial charge on any atom is 0.249 e. The van der Waals surface area contributed by atoms with E-state index in [1.54, 1.807) is 18.3 Å². The quantitative estimate of drug-likeness (QED) is 0.883. The Morgan fingerprint density at radius 3 is 2.67 bits per heavy atom. The molecule has 0 radical (unpaired) electrons. The van der Waals surface area contributed by atoms with Gasteiger partial charge in [-0.2, -0.15) is 4.39 Å². The molecule has 0 unspecified atom stereocenters. The van der Waals surface area contributed by atoms with E-state index in [1.165, 1.54) is 12.3 Å². The predicted octanol–water partition coefficient (Wildman–Crippen LogP) is 3.01. The number of hydrogen-bond acceptors (Lipinski definition) is 4. The van der Waals surface area contributed by atoms with Gasteiger partial charge in [-0.05, 0) is 36.6 Å². The van der Waals surface area contributed by atoms with Gasteiger partial charge >= 0.3 is 0 Å². The van der Waals surface area contributed by atoms with Gasteiger partial charge in [0.05, 0.1) is 0 Å². The van der Waals surface area contributed by atoms with Crippen LogP contribution in [0.3, 0.4) is 0 Å². The molecule has 0 aromatic carbocycles. The van der Waals surface area contributed by atoms with Crippen molar-refractivity contribution in [1.29, 1.82) is 0 Å². The minimum atomic E-state index is -1.09. The van der Waals surface area contributed by atoms with E-state index in [2.05, 4.69) is 15.3 Å². The van der Waals surface area contributed by atoms with Gasteiger partial charge in [0.1, 0.15) is 5.82 Å². The largest absolute Gasteiger partial charge is 0.381 e. The number of nitrogens with zero attached hydrogens (tertiary/aromatic N) is 2. The number of nitrogens with one attached hydrogen (secondary N) is 1. The lowest BCUT2D eigenvalue weighted by Crippen LogP contribution is -2.28. The Kier molecular flexibility index (Phi) is 4.06. The first-order valence-corrected chi connectivity index (χ1v) is 6.85. The van der Waals surface area contributed by atoms with Gasteiger partial charge in [-0.1, -0.05) is 0 Å². The fraction of sp³-hybridized carbons (Fsp3) is 0.333. The summed E-state index contributed by atoms with van der Waals surface area (Å²) in [4.78, 5) is 7.52. The number of halogens is 2. The van der Waals surface area contributed by atoms with Crippen molar-refractivity contribution in [3.8, 4) is 11.1 Å². The van der Waals surface area contributed by atoms with Crippen LogP contribution in [-0.2, 0) is 4.74 Å². The number of ether oxygens (including phenoxy) is 1. The molecule has 1 fully saturated rings. The molecular formula is C15H15F2N3O. The van der Waals surface area contributed by atoms with Crippen LogP contribution in [0.15, 0.2) is 30.6 Å². The molecule has 2 aromatic heterocycles. The topological polar surface area (TPSA) is 47.0 Å². The smallest absolute Gasteiger partial charge is 0.249 e. The van der Waals surface area contributed by atoms with Crippen molar-refractivity contribution >= 4 is 5.82 Å². The average molecular weight is 291 g/mol. The summed E-state index contributed by atoms with van der Waals surface area (Å²) in [5.41, 5.74) is 0.748. The molecule has 6 heteroatoms. The number of rotatable bonds is 3. The van der Waals surface area contributed by atoms with Crippen molar-refractivity contribution in [1.82, 2.24) is 9.97 Å². The van der Waals surface area contributed by atoms with Gasteiger partial charge in [-0.25, -0.2) is 14.4 Å². The predicted molar refractivity (Wildman–Crippen MR) is 74.8 cm³/mol. The van der Waals surface area contributed by atoms with E-state index in [0.717, 1.165) is 26.1 Å². The van der Waals surface area contributed by atoms with Crippen molar-refractivity contribution in [2.75, 3.05) is 18.5 Å². The van der Waals surface area contributed by atoms with Gasteiger partial charge in [0.15, 0.2) is 5.82 Å². The summed E-state index contributed by atoms with van der Waals surface area (Å²) in [7, 11) is 0. The summed E-state index contributed by atoms with van der Waals surface area (Å²) in [6.45, 7) is 1.45. The van der Waals surface area contributed by atoms with Crippen molar-refractivity contribution in [3.05, 3.63) is 42.4 Å². The Morgan fingerprint density at radius 1 is 1.10 bits per heavy atom. The summed E-state index contributed by atoms with van der Waals surface area (Å²) < 4.78 is 32.3. The van der Waals surface area contributed by atoms with Crippen LogP contribution >= 0.6 is 0 Å². The highest BCUT2D eigenvalue weighted by Gasteiger charge is 2.15. The minimum absolute atomic E-state index is 0.180. The highest BCUT2D eigenvalue weighted by molar-refractivity contribution is 5.66. The van der Waals surface area contributed by atoms with Crippen molar-refractivity contribution in [2.24, 2.45) is 0 Å². The SMILES string of the molecule is Fc1nccc(-c2ccnc(NC3CCOCC3)c2)c1F. The monoisotopic (exact) mass is 291 g/mol. The summed E-state index contributed by atoms with van der Waals surface area (Å²) in [5, 5.41) is 3.30. The van der Waals surface area contributed by atoms with Gasteiger partial charge in [-0.3, -0.25) is 0 Å². The Bertz CT molecular complexity index is 630. The average Bonchev–Trinajstić information content (AvgIpc) is 2.51. The van der Waals surface area contributed by atoms with Gasteiger partial charge in [0, 0.05) is 37.2 Å². The molecule has 3 heterocycles. The number of hydrogen-bond donors (Lipinski definition) is 1. The van der Waals surface area contributed by atoms with Gasteiger partial charge in [0.25, 0.3) is 0 Å². The zero-order chi connectivity index (χ0) is 14.7. The van der Waals surface area contributed by atoms with Gasteiger partial charge in [-0.15, -0.1) is 0 Å². The Morgan fingerprint density at radius 2 is 1.86 bits per heavy atom. The fourth-order valence-electron chi connectivity index (χ4n) is 2.37. The summed E-state index contributed by atoms with van der Waals surface area (Å²) >= 11 is 0. The third-order valence-electron chi connectivity index (χ3n) is 3.49. The van der Waals surface area contributed by atoms with Crippen LogP contribution in [-0.4, -0.2) is 29.2 Å². The lowest BCUT2D eigenvalue weighted by atomic mass is 10.1. The van der Waals surface area contributed by atoms with Crippen LogP contribution in [0.5, 0.6) is 0 Å². The molecule has 0 amide bonds. The standard InChI is InChI=1S/C15H15F2N3O/c16-14-12(2-6-19-15(14)17)10-1-5-18-13(9-10)20-11-3-7-21-8-4-11/h1-2,5-6,9,11H,3-4,7-8H2,(H,18,20). The molecule has 0 aliphatic carbocycles. The fourth-order valence-corrected chi connectivity index (χ4v) is 2.37. The molecule has 3 rings (SSSR count). The summed E-state index contributed by atoms with van der Waals surface area (Å²) in [6.07, 6.45) is 4.64. The van der Waals surface area contributed by atoms with E-state index in [4.69, 9.17) is 4.74 Å². The van der Waals surface area contributed by atoms with Crippen molar-refractivity contribution in [2.45, 2.75) is 18.9 Å². The van der Waals surface area contributed by atoms with E-state index < -0.39 is 11.8 Å². The van der Waals surface area contributed by atoms with Gasteiger partial charge in [0.2, 0.25) is 5.95 Å². The van der Waals surface area contributed by atoms with Gasteiger partial charge < -0.3 is 10.1 Å².